The number of hydrogen-bond acceptors (Lipinski definition) is 13. The lowest BCUT2D eigenvalue weighted by Gasteiger charge is -2.27. The van der Waals surface area contributed by atoms with Crippen molar-refractivity contribution in [2.45, 2.75) is 29.8 Å². The van der Waals surface area contributed by atoms with Gasteiger partial charge in [0.1, 0.15) is 11.7 Å². The highest BCUT2D eigenvalue weighted by molar-refractivity contribution is 7.85. The van der Waals surface area contributed by atoms with Crippen LogP contribution in [0.1, 0.15) is 23.2 Å². The summed E-state index contributed by atoms with van der Waals surface area (Å²) in [4.78, 5) is 54.3. The third-order valence-corrected chi connectivity index (χ3v) is 7.07. The van der Waals surface area contributed by atoms with E-state index in [9.17, 15) is 27.6 Å². The van der Waals surface area contributed by atoms with E-state index in [0.717, 1.165) is 5.69 Å². The van der Waals surface area contributed by atoms with Gasteiger partial charge in [0.05, 0.1) is 25.2 Å². The maximum atomic E-state index is 12.6. The lowest BCUT2D eigenvalue weighted by atomic mass is 10.1. The first-order valence-corrected chi connectivity index (χ1v) is 14.6. The molecule has 0 saturated carbocycles. The van der Waals surface area contributed by atoms with Gasteiger partial charge in [-0.3, -0.25) is 23.9 Å². The molecule has 0 saturated heterocycles. The van der Waals surface area contributed by atoms with Crippen molar-refractivity contribution in [1.82, 2.24) is 15.3 Å². The van der Waals surface area contributed by atoms with Crippen LogP contribution in [-0.2, 0) is 29.2 Å². The molecule has 2 atom stereocenters. The number of benzene rings is 2. The van der Waals surface area contributed by atoms with Gasteiger partial charge in [-0.1, -0.05) is 18.2 Å². The van der Waals surface area contributed by atoms with Crippen LogP contribution in [0.25, 0.3) is 0 Å². The number of anilines is 4. The SMILES string of the molecule is COC(=O)CCC(NC(=O)c1ccc(NCC2CNc3nc(N)[nH]c(=O)c3N2)cc1)C(=O)OC.O=S(=O)(O)c1ccccc1. The van der Waals surface area contributed by atoms with Gasteiger partial charge < -0.3 is 36.5 Å². The average molecular weight is 632 g/mol. The second kappa shape index (κ2) is 15.4. The number of esters is 2. The summed E-state index contributed by atoms with van der Waals surface area (Å²) in [6.07, 6.45) is 0.0183. The molecule has 0 spiro atoms. The first-order chi connectivity index (χ1) is 20.9. The van der Waals surface area contributed by atoms with E-state index in [2.05, 4.69) is 36.0 Å². The molecule has 4 rings (SSSR count). The monoisotopic (exact) mass is 631 g/mol. The molecule has 0 aliphatic carbocycles. The van der Waals surface area contributed by atoms with Gasteiger partial charge in [0.25, 0.3) is 21.6 Å². The Kier molecular flexibility index (Phi) is 11.6. The van der Waals surface area contributed by atoms with Crippen molar-refractivity contribution in [2.75, 3.05) is 49.0 Å². The van der Waals surface area contributed by atoms with Crippen LogP contribution in [0.3, 0.4) is 0 Å². The molecule has 0 bridgehead atoms. The number of nitrogens with zero attached hydrogens (tertiary/aromatic N) is 1. The zero-order valence-corrected chi connectivity index (χ0v) is 24.6. The molecule has 8 N–H and O–H groups in total. The number of hydrogen-bond donors (Lipinski definition) is 7. The first-order valence-electron chi connectivity index (χ1n) is 13.1. The Hall–Kier alpha value is -5.16. The summed E-state index contributed by atoms with van der Waals surface area (Å²) in [5.41, 5.74) is 6.61. The average Bonchev–Trinajstić information content (AvgIpc) is 3.02. The highest BCUT2D eigenvalue weighted by Gasteiger charge is 2.24. The smallest absolute Gasteiger partial charge is 0.328 e. The summed E-state index contributed by atoms with van der Waals surface area (Å²) < 4.78 is 38.5. The van der Waals surface area contributed by atoms with Crippen molar-refractivity contribution >= 4 is 51.1 Å². The Bertz CT molecular complexity index is 1610. The molecule has 1 aliphatic heterocycles. The number of H-pyrrole nitrogens is 1. The number of rotatable bonds is 10. The van der Waals surface area contributed by atoms with E-state index in [4.69, 9.17) is 15.0 Å². The molecular weight excluding hydrogens is 598 g/mol. The number of aromatic nitrogens is 2. The maximum Gasteiger partial charge on any atom is 0.328 e. The predicted octanol–water partition coefficient (Wildman–Crippen LogP) is 0.828. The summed E-state index contributed by atoms with van der Waals surface area (Å²) >= 11 is 0. The van der Waals surface area contributed by atoms with Crippen molar-refractivity contribution in [2.24, 2.45) is 0 Å². The van der Waals surface area contributed by atoms with E-state index in [1.165, 1.54) is 26.4 Å². The molecule has 1 aliphatic rings. The summed E-state index contributed by atoms with van der Waals surface area (Å²) in [5.74, 6) is -1.17. The zero-order chi connectivity index (χ0) is 32.3. The normalized spacial score (nSPS) is 14.2. The van der Waals surface area contributed by atoms with Gasteiger partial charge in [0.15, 0.2) is 5.82 Å². The van der Waals surface area contributed by atoms with Crippen molar-refractivity contribution in [3.8, 4) is 0 Å². The number of carbonyl (C=O) groups excluding carboxylic acids is 3. The molecule has 0 radical (unpaired) electrons. The molecular formula is C27H33N7O9S. The Morgan fingerprint density at radius 2 is 1.77 bits per heavy atom. The zero-order valence-electron chi connectivity index (χ0n) is 23.8. The molecule has 44 heavy (non-hydrogen) atoms. The van der Waals surface area contributed by atoms with E-state index in [1.807, 2.05) is 0 Å². The summed E-state index contributed by atoms with van der Waals surface area (Å²) in [5, 5.41) is 12.0. The molecule has 2 heterocycles. The fourth-order valence-corrected chi connectivity index (χ4v) is 4.42. The van der Waals surface area contributed by atoms with Crippen LogP contribution in [0, 0.1) is 0 Å². The van der Waals surface area contributed by atoms with Crippen LogP contribution in [0.2, 0.25) is 0 Å². The molecule has 3 aromatic rings. The summed E-state index contributed by atoms with van der Waals surface area (Å²) in [6, 6.07) is 13.0. The lowest BCUT2D eigenvalue weighted by Crippen LogP contribution is -2.42. The number of carbonyl (C=O) groups is 3. The van der Waals surface area contributed by atoms with Gasteiger partial charge in [-0.2, -0.15) is 13.4 Å². The van der Waals surface area contributed by atoms with Gasteiger partial charge in [-0.05, 0) is 42.8 Å². The number of ether oxygens (including phenoxy) is 2. The Labute approximate surface area is 252 Å². The van der Waals surface area contributed by atoms with Gasteiger partial charge >= 0.3 is 11.9 Å². The van der Waals surface area contributed by atoms with E-state index in [0.29, 0.717) is 30.2 Å². The van der Waals surface area contributed by atoms with Crippen molar-refractivity contribution in [3.63, 3.8) is 0 Å². The number of aromatic amines is 1. The first kappa shape index (κ1) is 33.3. The van der Waals surface area contributed by atoms with Crippen LogP contribution >= 0.6 is 0 Å². The standard InChI is InChI=1S/C21H27N7O6.C6H6O3S/c1-33-15(29)8-7-14(20(32)34-2)26-18(30)11-3-5-12(6-4-11)23-9-13-10-24-17-16(25-13)19(31)28-21(22)27-17;7-10(8,9)6-4-2-1-3-5-6/h3-6,13-14,23,25H,7-10H2,1-2H3,(H,26,30)(H4,22,24,27,28,31);1-5H,(H,7,8,9). The minimum atomic E-state index is -4.00. The number of methoxy groups -OCH3 is 2. The lowest BCUT2D eigenvalue weighted by molar-refractivity contribution is -0.144. The molecule has 1 amide bonds. The molecule has 236 valence electrons. The predicted molar refractivity (Wildman–Crippen MR) is 161 cm³/mol. The highest BCUT2D eigenvalue weighted by Crippen LogP contribution is 2.20. The van der Waals surface area contributed by atoms with E-state index < -0.39 is 34.0 Å². The largest absolute Gasteiger partial charge is 0.469 e. The van der Waals surface area contributed by atoms with Gasteiger partial charge in [0, 0.05) is 30.8 Å². The topological polar surface area (TPSA) is 244 Å². The molecule has 0 fully saturated rings. The van der Waals surface area contributed by atoms with Crippen LogP contribution in [-0.4, -0.2) is 80.2 Å². The fourth-order valence-electron chi connectivity index (χ4n) is 3.92. The van der Waals surface area contributed by atoms with Gasteiger partial charge in [-0.25, -0.2) is 4.79 Å². The molecule has 17 heteroatoms. The number of fused-ring (bicyclic) bond motifs is 1. The van der Waals surface area contributed by atoms with Crippen molar-refractivity contribution in [3.05, 3.63) is 70.5 Å². The summed E-state index contributed by atoms with van der Waals surface area (Å²) in [6.45, 7) is 1.01. The number of nitrogen functional groups attached to an aromatic ring is 1. The van der Waals surface area contributed by atoms with E-state index >= 15 is 0 Å². The van der Waals surface area contributed by atoms with Crippen molar-refractivity contribution < 1.29 is 36.8 Å². The van der Waals surface area contributed by atoms with E-state index in [-0.39, 0.29) is 35.3 Å². The highest BCUT2D eigenvalue weighted by atomic mass is 32.2. The molecule has 16 nitrogen and oxygen atoms in total. The molecule has 2 aromatic carbocycles. The third kappa shape index (κ3) is 9.70. The minimum absolute atomic E-state index is 0.0384. The Morgan fingerprint density at radius 3 is 2.36 bits per heavy atom. The summed E-state index contributed by atoms with van der Waals surface area (Å²) in [7, 11) is -1.55. The van der Waals surface area contributed by atoms with Crippen LogP contribution in [0.15, 0.2) is 64.3 Å². The Balaban J connectivity index is 0.000000448. The van der Waals surface area contributed by atoms with Crippen LogP contribution in [0.4, 0.5) is 23.1 Å². The van der Waals surface area contributed by atoms with Crippen LogP contribution < -0.4 is 32.6 Å². The number of nitrogens with one attached hydrogen (secondary N) is 5. The second-order valence-electron chi connectivity index (χ2n) is 9.31. The third-order valence-electron chi connectivity index (χ3n) is 6.20. The number of nitrogens with two attached hydrogens (primary N) is 1. The quantitative estimate of drug-likeness (QED) is 0.121. The maximum absolute atomic E-state index is 12.6. The second-order valence-corrected chi connectivity index (χ2v) is 10.7. The van der Waals surface area contributed by atoms with E-state index in [1.54, 1.807) is 42.5 Å². The van der Waals surface area contributed by atoms with Crippen molar-refractivity contribution in [1.29, 1.82) is 0 Å². The van der Waals surface area contributed by atoms with Crippen LogP contribution in [0.5, 0.6) is 0 Å². The number of amides is 1. The molecule has 1 aromatic heterocycles. The van der Waals surface area contributed by atoms with Gasteiger partial charge in [0.2, 0.25) is 5.95 Å². The Morgan fingerprint density at radius 1 is 1.09 bits per heavy atom. The van der Waals surface area contributed by atoms with Gasteiger partial charge in [-0.15, -0.1) is 0 Å². The minimum Gasteiger partial charge on any atom is -0.469 e. The molecule has 2 unspecified atom stereocenters. The fraction of sp³-hybridized carbons (Fsp3) is 0.296.